The van der Waals surface area contributed by atoms with Crippen molar-refractivity contribution in [3.05, 3.63) is 52.2 Å². The number of nitrogens with zero attached hydrogens (tertiary/aromatic N) is 2. The van der Waals surface area contributed by atoms with Gasteiger partial charge in [-0.05, 0) is 30.7 Å². The van der Waals surface area contributed by atoms with Crippen LogP contribution in [0.4, 0.5) is 11.4 Å². The molecule has 0 fully saturated rings. The molecule has 0 radical (unpaired) electrons. The van der Waals surface area contributed by atoms with Gasteiger partial charge in [0, 0.05) is 34.6 Å². The zero-order valence-electron chi connectivity index (χ0n) is 15.3. The minimum atomic E-state index is -0.377. The molecule has 0 aliphatic carbocycles. The zero-order valence-corrected chi connectivity index (χ0v) is 16.1. The molecule has 5 N–H and O–H groups in total. The van der Waals surface area contributed by atoms with E-state index in [4.69, 9.17) is 11.1 Å². The lowest BCUT2D eigenvalue weighted by molar-refractivity contribution is 0.102. The van der Waals surface area contributed by atoms with Gasteiger partial charge in [0.05, 0.1) is 16.9 Å². The lowest BCUT2D eigenvalue weighted by Gasteiger charge is -2.13. The van der Waals surface area contributed by atoms with E-state index in [1.54, 1.807) is 29.8 Å². The van der Waals surface area contributed by atoms with Gasteiger partial charge in [0.2, 0.25) is 0 Å². The number of nitrogen functional groups attached to an aromatic ring is 1. The summed E-state index contributed by atoms with van der Waals surface area (Å²) in [5.74, 6) is -0.353. The van der Waals surface area contributed by atoms with Crippen molar-refractivity contribution in [2.75, 3.05) is 11.1 Å². The molecule has 1 amide bonds. The van der Waals surface area contributed by atoms with E-state index in [1.807, 2.05) is 20.8 Å². The van der Waals surface area contributed by atoms with Crippen molar-refractivity contribution < 1.29 is 9.90 Å². The second-order valence-corrected chi connectivity index (χ2v) is 6.37. The number of amides is 1. The Morgan fingerprint density at radius 3 is 2.59 bits per heavy atom. The first-order chi connectivity index (χ1) is 13.0. The Morgan fingerprint density at radius 2 is 2.00 bits per heavy atom. The molecular formula is C19H21N5O2S. The van der Waals surface area contributed by atoms with E-state index in [-0.39, 0.29) is 11.7 Å². The molecule has 0 aliphatic heterocycles. The summed E-state index contributed by atoms with van der Waals surface area (Å²) < 4.78 is 0. The van der Waals surface area contributed by atoms with Gasteiger partial charge in [-0.2, -0.15) is 0 Å². The van der Waals surface area contributed by atoms with Gasteiger partial charge in [0.1, 0.15) is 11.4 Å². The zero-order chi connectivity index (χ0) is 20.0. The van der Waals surface area contributed by atoms with Gasteiger partial charge in [-0.25, -0.2) is 4.98 Å². The lowest BCUT2D eigenvalue weighted by atomic mass is 10.0. The molecule has 0 spiro atoms. The highest BCUT2D eigenvalue weighted by atomic mass is 32.1. The average Bonchev–Trinajstić information content (AvgIpc) is 3.10. The molecule has 0 unspecified atom stereocenters. The van der Waals surface area contributed by atoms with E-state index in [9.17, 15) is 9.90 Å². The highest BCUT2D eigenvalue weighted by molar-refractivity contribution is 7.09. The minimum Gasteiger partial charge on any atom is -0.506 e. The fourth-order valence-electron chi connectivity index (χ4n) is 2.35. The molecule has 2 heterocycles. The van der Waals surface area contributed by atoms with Crippen LogP contribution < -0.4 is 11.1 Å². The number of pyridine rings is 1. The van der Waals surface area contributed by atoms with E-state index in [0.717, 1.165) is 11.2 Å². The van der Waals surface area contributed by atoms with Crippen LogP contribution >= 0.6 is 11.3 Å². The third-order valence-corrected chi connectivity index (χ3v) is 4.29. The number of hydrogen-bond acceptors (Lipinski definition) is 7. The molecule has 0 saturated carbocycles. The van der Waals surface area contributed by atoms with Gasteiger partial charge in [-0.1, -0.05) is 13.8 Å². The maximum absolute atomic E-state index is 12.4. The largest absolute Gasteiger partial charge is 0.506 e. The Balaban J connectivity index is 0.00000126. The van der Waals surface area contributed by atoms with Crippen LogP contribution in [0.3, 0.4) is 0 Å². The van der Waals surface area contributed by atoms with Crippen molar-refractivity contribution in [1.82, 2.24) is 9.97 Å². The fourth-order valence-corrected chi connectivity index (χ4v) is 2.94. The van der Waals surface area contributed by atoms with E-state index in [2.05, 4.69) is 15.3 Å². The number of carbonyl (C=O) groups excluding carboxylic acids is 1. The smallest absolute Gasteiger partial charge is 0.275 e. The quantitative estimate of drug-likeness (QED) is 0.399. The summed E-state index contributed by atoms with van der Waals surface area (Å²) in [6, 6.07) is 4.89. The first-order valence-corrected chi connectivity index (χ1v) is 9.17. The van der Waals surface area contributed by atoms with Crippen LogP contribution in [-0.4, -0.2) is 27.2 Å². The first kappa shape index (κ1) is 20.1. The Kier molecular flexibility index (Phi) is 6.62. The molecule has 8 heteroatoms. The minimum absolute atomic E-state index is 0.0238. The summed E-state index contributed by atoms with van der Waals surface area (Å²) in [6.45, 7) is 5.82. The van der Waals surface area contributed by atoms with Crippen LogP contribution in [0.25, 0.3) is 11.1 Å². The number of rotatable bonds is 4. The molecule has 7 nitrogen and oxygen atoms in total. The maximum Gasteiger partial charge on any atom is 0.275 e. The summed E-state index contributed by atoms with van der Waals surface area (Å²) in [5, 5.41) is 22.4. The van der Waals surface area contributed by atoms with Crippen molar-refractivity contribution >= 4 is 34.8 Å². The molecule has 3 rings (SSSR count). The van der Waals surface area contributed by atoms with Crippen LogP contribution in [-0.2, 0) is 0 Å². The molecule has 0 aliphatic rings. The number of hydrogen-bond donors (Lipinski definition) is 4. The summed E-state index contributed by atoms with van der Waals surface area (Å²) in [4.78, 5) is 20.5. The van der Waals surface area contributed by atoms with Gasteiger partial charge in [-0.15, -0.1) is 11.3 Å². The van der Waals surface area contributed by atoms with Gasteiger partial charge in [0.15, 0.2) is 0 Å². The monoisotopic (exact) mass is 383 g/mol. The highest BCUT2D eigenvalue weighted by Crippen LogP contribution is 2.31. The van der Waals surface area contributed by atoms with Crippen LogP contribution in [0.2, 0.25) is 0 Å². The molecule has 0 saturated heterocycles. The third-order valence-electron chi connectivity index (χ3n) is 3.51. The Labute approximate surface area is 161 Å². The number of nitrogens with two attached hydrogens (primary N) is 1. The van der Waals surface area contributed by atoms with Crippen molar-refractivity contribution in [3.63, 3.8) is 0 Å². The van der Waals surface area contributed by atoms with Crippen LogP contribution in [0, 0.1) is 12.3 Å². The van der Waals surface area contributed by atoms with Crippen molar-refractivity contribution in [1.29, 1.82) is 5.41 Å². The lowest BCUT2D eigenvalue weighted by Crippen LogP contribution is -2.14. The topological polar surface area (TPSA) is 125 Å². The van der Waals surface area contributed by atoms with E-state index in [0.29, 0.717) is 33.8 Å². The van der Waals surface area contributed by atoms with Crippen molar-refractivity contribution in [3.8, 4) is 16.9 Å². The number of aromatic nitrogens is 2. The standard InChI is InChI=1S/C17H15N5O2S.C2H6/c1-9-21-16(8-25-9)17(24)22-15-4-10(3-14(19)13(15)5-18)11-2-12(23)7-20-6-11;1-2/h2-8,18,23H,19H2,1H3,(H,22,24);1-2H3. The average molecular weight is 383 g/mol. The van der Waals surface area contributed by atoms with Crippen LogP contribution in [0.1, 0.15) is 34.9 Å². The Bertz CT molecular complexity index is 968. The van der Waals surface area contributed by atoms with Gasteiger partial charge >= 0.3 is 0 Å². The van der Waals surface area contributed by atoms with Gasteiger partial charge in [0.25, 0.3) is 5.91 Å². The summed E-state index contributed by atoms with van der Waals surface area (Å²) in [6.07, 6.45) is 3.99. The highest BCUT2D eigenvalue weighted by Gasteiger charge is 2.15. The maximum atomic E-state index is 12.4. The number of anilines is 2. The second kappa shape index (κ2) is 8.91. The SMILES string of the molecule is CC.Cc1nc(C(=O)Nc2cc(-c3cncc(O)c3)cc(N)c2C=N)cs1. The number of benzene rings is 1. The van der Waals surface area contributed by atoms with Crippen molar-refractivity contribution in [2.45, 2.75) is 20.8 Å². The molecule has 2 aromatic heterocycles. The Morgan fingerprint density at radius 1 is 1.26 bits per heavy atom. The van der Waals surface area contributed by atoms with Gasteiger partial charge < -0.3 is 21.6 Å². The molecule has 0 bridgehead atoms. The Hall–Kier alpha value is -3.26. The molecule has 3 aromatic rings. The third kappa shape index (κ3) is 4.68. The second-order valence-electron chi connectivity index (χ2n) is 5.31. The molecule has 140 valence electrons. The predicted molar refractivity (Wildman–Crippen MR) is 110 cm³/mol. The molecule has 1 aromatic carbocycles. The number of nitrogens with one attached hydrogen (secondary N) is 2. The van der Waals surface area contributed by atoms with Crippen molar-refractivity contribution in [2.24, 2.45) is 0 Å². The number of thiazole rings is 1. The number of carbonyl (C=O) groups is 1. The van der Waals surface area contributed by atoms with E-state index < -0.39 is 0 Å². The number of aromatic hydroxyl groups is 1. The van der Waals surface area contributed by atoms with E-state index in [1.165, 1.54) is 17.5 Å². The van der Waals surface area contributed by atoms with E-state index >= 15 is 0 Å². The normalized spacial score (nSPS) is 9.89. The van der Waals surface area contributed by atoms with Crippen LogP contribution in [0.15, 0.2) is 36.0 Å². The fraction of sp³-hybridized carbons (Fsp3) is 0.158. The van der Waals surface area contributed by atoms with Crippen LogP contribution in [0.5, 0.6) is 5.75 Å². The summed E-state index contributed by atoms with van der Waals surface area (Å²) in [5.41, 5.74) is 8.77. The predicted octanol–water partition coefficient (Wildman–Crippen LogP) is 4.08. The van der Waals surface area contributed by atoms with Gasteiger partial charge in [-0.3, -0.25) is 9.78 Å². The molecular weight excluding hydrogens is 362 g/mol. The molecule has 27 heavy (non-hydrogen) atoms. The summed E-state index contributed by atoms with van der Waals surface area (Å²) in [7, 11) is 0. The first-order valence-electron chi connectivity index (χ1n) is 8.30. The molecule has 0 atom stereocenters. The summed E-state index contributed by atoms with van der Waals surface area (Å²) >= 11 is 1.38. The number of aryl methyl sites for hydroxylation is 1.